The van der Waals surface area contributed by atoms with Crippen molar-refractivity contribution in [3.63, 3.8) is 0 Å². The number of likely N-dealkylation sites (tertiary alicyclic amines) is 1. The van der Waals surface area contributed by atoms with Gasteiger partial charge in [-0.25, -0.2) is 0 Å². The average Bonchev–Trinajstić information content (AvgIpc) is 3.09. The summed E-state index contributed by atoms with van der Waals surface area (Å²) in [6, 6.07) is 11.6. The Morgan fingerprint density at radius 1 is 1.11 bits per heavy atom. The Bertz CT molecular complexity index is 779. The maximum atomic E-state index is 12.8. The number of hydrogen-bond donors (Lipinski definition) is 0. The standard InChI is InChI=1S/C21H28N4O2/c1-21(2,3)16-8-6-15(7-9-16)20(26)25-13-12-17(14-25)27-19-11-10-18(22-23-19)24(4)5/h6-11,17H,12-14H2,1-5H3. The molecule has 1 aromatic heterocycles. The van der Waals surface area contributed by atoms with Crippen molar-refractivity contribution in [3.05, 3.63) is 47.5 Å². The van der Waals surface area contributed by atoms with Crippen molar-refractivity contribution < 1.29 is 9.53 Å². The summed E-state index contributed by atoms with van der Waals surface area (Å²) in [5.74, 6) is 1.33. The van der Waals surface area contributed by atoms with Gasteiger partial charge in [-0.15, -0.1) is 10.2 Å². The molecule has 0 radical (unpaired) electrons. The largest absolute Gasteiger partial charge is 0.471 e. The highest BCUT2D eigenvalue weighted by atomic mass is 16.5. The molecule has 6 heteroatoms. The minimum atomic E-state index is -0.0534. The van der Waals surface area contributed by atoms with Crippen molar-refractivity contribution in [2.24, 2.45) is 0 Å². The molecule has 0 saturated carbocycles. The lowest BCUT2D eigenvalue weighted by atomic mass is 9.86. The molecule has 1 aromatic carbocycles. The summed E-state index contributed by atoms with van der Waals surface area (Å²) < 4.78 is 5.90. The topological polar surface area (TPSA) is 58.6 Å². The summed E-state index contributed by atoms with van der Waals surface area (Å²) in [7, 11) is 3.83. The van der Waals surface area contributed by atoms with Crippen LogP contribution < -0.4 is 9.64 Å². The molecule has 1 aliphatic rings. The summed E-state index contributed by atoms with van der Waals surface area (Å²) in [6.45, 7) is 7.76. The van der Waals surface area contributed by atoms with Crippen molar-refractivity contribution in [1.29, 1.82) is 0 Å². The van der Waals surface area contributed by atoms with Gasteiger partial charge in [0.05, 0.1) is 6.54 Å². The van der Waals surface area contributed by atoms with Gasteiger partial charge < -0.3 is 14.5 Å². The van der Waals surface area contributed by atoms with E-state index in [1.54, 1.807) is 0 Å². The zero-order chi connectivity index (χ0) is 19.6. The molecule has 0 N–H and O–H groups in total. The Morgan fingerprint density at radius 2 is 1.81 bits per heavy atom. The van der Waals surface area contributed by atoms with E-state index in [2.05, 4.69) is 31.0 Å². The van der Waals surface area contributed by atoms with Crippen molar-refractivity contribution in [2.45, 2.75) is 38.7 Å². The summed E-state index contributed by atoms with van der Waals surface area (Å²) in [5.41, 5.74) is 2.03. The zero-order valence-electron chi connectivity index (χ0n) is 16.8. The van der Waals surface area contributed by atoms with E-state index in [9.17, 15) is 4.79 Å². The Labute approximate surface area is 161 Å². The molecule has 1 amide bonds. The zero-order valence-corrected chi connectivity index (χ0v) is 16.8. The summed E-state index contributed by atoms with van der Waals surface area (Å²) in [5, 5.41) is 8.23. The molecule has 0 spiro atoms. The van der Waals surface area contributed by atoms with Gasteiger partial charge in [-0.05, 0) is 29.2 Å². The van der Waals surface area contributed by atoms with Crippen LogP contribution >= 0.6 is 0 Å². The van der Waals surface area contributed by atoms with Gasteiger partial charge in [0.15, 0.2) is 5.82 Å². The van der Waals surface area contributed by atoms with Crippen molar-refractivity contribution in [1.82, 2.24) is 15.1 Å². The van der Waals surface area contributed by atoms with Crippen LogP contribution in [0.1, 0.15) is 43.1 Å². The van der Waals surface area contributed by atoms with Crippen LogP contribution in [0.5, 0.6) is 5.88 Å². The quantitative estimate of drug-likeness (QED) is 0.830. The summed E-state index contributed by atoms with van der Waals surface area (Å²) >= 11 is 0. The van der Waals surface area contributed by atoms with Crippen LogP contribution in [0.4, 0.5) is 5.82 Å². The molecule has 1 saturated heterocycles. The minimum absolute atomic E-state index is 0.0515. The lowest BCUT2D eigenvalue weighted by molar-refractivity contribution is 0.0771. The van der Waals surface area contributed by atoms with E-state index in [4.69, 9.17) is 4.74 Å². The normalized spacial score (nSPS) is 17.1. The number of amides is 1. The number of carbonyl (C=O) groups excluding carboxylic acids is 1. The average molecular weight is 368 g/mol. The Balaban J connectivity index is 1.59. The SMILES string of the molecule is CN(C)c1ccc(OC2CCN(C(=O)c3ccc(C(C)(C)C)cc3)C2)nn1. The molecule has 1 aliphatic heterocycles. The van der Waals surface area contributed by atoms with Crippen LogP contribution in [0.25, 0.3) is 0 Å². The van der Waals surface area contributed by atoms with Gasteiger partial charge in [-0.2, -0.15) is 0 Å². The van der Waals surface area contributed by atoms with Gasteiger partial charge in [0.1, 0.15) is 6.10 Å². The maximum Gasteiger partial charge on any atom is 0.253 e. The Hall–Kier alpha value is -2.63. The van der Waals surface area contributed by atoms with E-state index in [0.29, 0.717) is 19.0 Å². The third-order valence-electron chi connectivity index (χ3n) is 4.80. The fourth-order valence-corrected chi connectivity index (χ4v) is 3.09. The highest BCUT2D eigenvalue weighted by Gasteiger charge is 2.29. The van der Waals surface area contributed by atoms with Gasteiger partial charge in [0.25, 0.3) is 5.91 Å². The molecule has 6 nitrogen and oxygen atoms in total. The van der Waals surface area contributed by atoms with Gasteiger partial charge in [0.2, 0.25) is 5.88 Å². The number of aromatic nitrogens is 2. The first kappa shape index (κ1) is 19.1. The van der Waals surface area contributed by atoms with Crippen LogP contribution in [0.2, 0.25) is 0 Å². The number of ether oxygens (including phenoxy) is 1. The molecular weight excluding hydrogens is 340 g/mol. The number of nitrogens with zero attached hydrogens (tertiary/aromatic N) is 4. The fraction of sp³-hybridized carbons (Fsp3) is 0.476. The van der Waals surface area contributed by atoms with E-state index < -0.39 is 0 Å². The van der Waals surface area contributed by atoms with Crippen molar-refractivity contribution in [2.75, 3.05) is 32.1 Å². The van der Waals surface area contributed by atoms with Crippen molar-refractivity contribution >= 4 is 11.7 Å². The maximum absolute atomic E-state index is 12.8. The van der Waals surface area contributed by atoms with E-state index in [1.807, 2.05) is 60.3 Å². The van der Waals surface area contributed by atoms with E-state index in [0.717, 1.165) is 17.8 Å². The third kappa shape index (κ3) is 4.56. The highest BCUT2D eigenvalue weighted by molar-refractivity contribution is 5.94. The van der Waals surface area contributed by atoms with Gasteiger partial charge in [0, 0.05) is 38.7 Å². The fourth-order valence-electron chi connectivity index (χ4n) is 3.09. The molecule has 0 aliphatic carbocycles. The first-order valence-corrected chi connectivity index (χ1v) is 9.31. The summed E-state index contributed by atoms with van der Waals surface area (Å²) in [4.78, 5) is 16.5. The highest BCUT2D eigenvalue weighted by Crippen LogP contribution is 2.24. The van der Waals surface area contributed by atoms with Gasteiger partial charge in [-0.1, -0.05) is 32.9 Å². The predicted molar refractivity (Wildman–Crippen MR) is 106 cm³/mol. The molecule has 1 atom stereocenters. The second-order valence-electron chi connectivity index (χ2n) is 8.23. The lowest BCUT2D eigenvalue weighted by Crippen LogP contribution is -2.31. The minimum Gasteiger partial charge on any atom is -0.471 e. The molecule has 0 bridgehead atoms. The third-order valence-corrected chi connectivity index (χ3v) is 4.80. The molecule has 144 valence electrons. The molecule has 2 aromatic rings. The van der Waals surface area contributed by atoms with Crippen LogP contribution in [0.3, 0.4) is 0 Å². The lowest BCUT2D eigenvalue weighted by Gasteiger charge is -2.20. The Kier molecular flexibility index (Phi) is 5.35. The van der Waals surface area contributed by atoms with E-state index in [1.165, 1.54) is 5.56 Å². The number of carbonyl (C=O) groups is 1. The summed E-state index contributed by atoms with van der Waals surface area (Å²) in [6.07, 6.45) is 0.741. The molecule has 2 heterocycles. The van der Waals surface area contributed by atoms with E-state index >= 15 is 0 Å². The second kappa shape index (κ2) is 7.55. The monoisotopic (exact) mass is 368 g/mol. The molecule has 1 unspecified atom stereocenters. The Morgan fingerprint density at radius 3 is 2.37 bits per heavy atom. The smallest absolute Gasteiger partial charge is 0.253 e. The van der Waals surface area contributed by atoms with Gasteiger partial charge in [-0.3, -0.25) is 4.79 Å². The first-order chi connectivity index (χ1) is 12.7. The number of hydrogen-bond acceptors (Lipinski definition) is 5. The number of benzene rings is 1. The van der Waals surface area contributed by atoms with Crippen LogP contribution in [0, 0.1) is 0 Å². The van der Waals surface area contributed by atoms with Crippen molar-refractivity contribution in [3.8, 4) is 5.88 Å². The number of anilines is 1. The molecule has 1 fully saturated rings. The second-order valence-corrected chi connectivity index (χ2v) is 8.23. The predicted octanol–water partition coefficient (Wildman–Crippen LogP) is 3.13. The molecule has 3 rings (SSSR count). The van der Waals surface area contributed by atoms with Gasteiger partial charge >= 0.3 is 0 Å². The molecule has 27 heavy (non-hydrogen) atoms. The van der Waals surface area contributed by atoms with E-state index in [-0.39, 0.29) is 17.4 Å². The van der Waals surface area contributed by atoms with Crippen LogP contribution in [0.15, 0.2) is 36.4 Å². The molecular formula is C21H28N4O2. The van der Waals surface area contributed by atoms with Crippen LogP contribution in [-0.2, 0) is 5.41 Å². The first-order valence-electron chi connectivity index (χ1n) is 9.31. The number of rotatable bonds is 4. The van der Waals surface area contributed by atoms with Crippen LogP contribution in [-0.4, -0.2) is 54.3 Å².